The van der Waals surface area contributed by atoms with Gasteiger partial charge in [-0.05, 0) is 18.2 Å². The molecule has 3 N–H and O–H groups in total. The van der Waals surface area contributed by atoms with E-state index >= 15 is 0 Å². The fourth-order valence-electron chi connectivity index (χ4n) is 1.91. The molecule has 0 aliphatic rings. The predicted molar refractivity (Wildman–Crippen MR) is 82.7 cm³/mol. The van der Waals surface area contributed by atoms with Crippen LogP contribution in [0.3, 0.4) is 0 Å². The largest absolute Gasteiger partial charge is 0.366 e. The third-order valence-corrected chi connectivity index (χ3v) is 3.06. The van der Waals surface area contributed by atoms with Crippen LogP contribution in [0.1, 0.15) is 20.7 Å². The standard InChI is InChI=1S/C14H10N4O6/c15-13(19)11-6-5-10(18(23)24)7-12(11)14(20)16-8-1-3-9(4-2-8)17(21)22/h1-7H,(H2,15,19)(H,16,20). The van der Waals surface area contributed by atoms with E-state index < -0.39 is 21.7 Å². The number of carbonyl (C=O) groups is 2. The fraction of sp³-hybridized carbons (Fsp3) is 0. The highest BCUT2D eigenvalue weighted by atomic mass is 16.6. The molecule has 0 aliphatic heterocycles. The SMILES string of the molecule is NC(=O)c1ccc([N+](=O)[O-])cc1C(=O)Nc1ccc([N+](=O)[O-])cc1. The predicted octanol–water partition coefficient (Wildman–Crippen LogP) is 1.85. The van der Waals surface area contributed by atoms with Crippen LogP contribution in [0, 0.1) is 20.2 Å². The molecule has 0 aromatic heterocycles. The van der Waals surface area contributed by atoms with Gasteiger partial charge < -0.3 is 11.1 Å². The van der Waals surface area contributed by atoms with Crippen molar-refractivity contribution in [1.82, 2.24) is 0 Å². The molecule has 2 aromatic rings. The molecular weight excluding hydrogens is 320 g/mol. The van der Waals surface area contributed by atoms with Gasteiger partial charge >= 0.3 is 0 Å². The molecule has 0 radical (unpaired) electrons. The molecule has 2 aromatic carbocycles. The van der Waals surface area contributed by atoms with Gasteiger partial charge in [0, 0.05) is 30.0 Å². The number of nitrogens with zero attached hydrogens (tertiary/aromatic N) is 2. The number of rotatable bonds is 5. The van der Waals surface area contributed by atoms with E-state index in [9.17, 15) is 29.8 Å². The van der Waals surface area contributed by atoms with Gasteiger partial charge in [-0.3, -0.25) is 29.8 Å². The second-order valence-corrected chi connectivity index (χ2v) is 4.61. The first kappa shape index (κ1) is 16.5. The van der Waals surface area contributed by atoms with Crippen LogP contribution in [-0.4, -0.2) is 21.7 Å². The quantitative estimate of drug-likeness (QED) is 0.628. The summed E-state index contributed by atoms with van der Waals surface area (Å²) in [5.74, 6) is -1.72. The van der Waals surface area contributed by atoms with E-state index in [1.54, 1.807) is 0 Å². The summed E-state index contributed by atoms with van der Waals surface area (Å²) < 4.78 is 0. The lowest BCUT2D eigenvalue weighted by atomic mass is 10.0. The van der Waals surface area contributed by atoms with Crippen LogP contribution in [0.5, 0.6) is 0 Å². The molecule has 10 heteroatoms. The number of amides is 2. The average Bonchev–Trinajstić information content (AvgIpc) is 2.54. The molecule has 0 heterocycles. The smallest absolute Gasteiger partial charge is 0.270 e. The topological polar surface area (TPSA) is 158 Å². The number of hydrogen-bond acceptors (Lipinski definition) is 6. The normalized spacial score (nSPS) is 10.0. The number of nitrogens with two attached hydrogens (primary N) is 1. The van der Waals surface area contributed by atoms with Crippen molar-refractivity contribution in [3.63, 3.8) is 0 Å². The molecule has 0 saturated carbocycles. The number of nitrogens with one attached hydrogen (secondary N) is 1. The Hall–Kier alpha value is -3.82. The van der Waals surface area contributed by atoms with Gasteiger partial charge in [-0.2, -0.15) is 0 Å². The van der Waals surface area contributed by atoms with E-state index in [1.165, 1.54) is 24.3 Å². The summed E-state index contributed by atoms with van der Waals surface area (Å²) in [4.78, 5) is 43.7. The molecular formula is C14H10N4O6. The van der Waals surface area contributed by atoms with Gasteiger partial charge in [0.1, 0.15) is 0 Å². The van der Waals surface area contributed by atoms with Crippen LogP contribution in [0.4, 0.5) is 17.1 Å². The highest BCUT2D eigenvalue weighted by Gasteiger charge is 2.20. The average molecular weight is 330 g/mol. The number of benzene rings is 2. The van der Waals surface area contributed by atoms with Crippen molar-refractivity contribution in [2.24, 2.45) is 5.73 Å². The molecule has 0 aliphatic carbocycles. The molecule has 2 amide bonds. The maximum atomic E-state index is 12.3. The van der Waals surface area contributed by atoms with Crippen molar-refractivity contribution >= 4 is 28.9 Å². The molecule has 0 fully saturated rings. The highest BCUT2D eigenvalue weighted by molar-refractivity contribution is 6.12. The molecule has 0 saturated heterocycles. The first-order chi connectivity index (χ1) is 11.3. The van der Waals surface area contributed by atoms with Crippen molar-refractivity contribution < 1.29 is 19.4 Å². The monoisotopic (exact) mass is 330 g/mol. The van der Waals surface area contributed by atoms with E-state index in [0.717, 1.165) is 18.2 Å². The lowest BCUT2D eigenvalue weighted by Gasteiger charge is -2.08. The zero-order valence-corrected chi connectivity index (χ0v) is 12.0. The third kappa shape index (κ3) is 3.50. The van der Waals surface area contributed by atoms with Gasteiger partial charge in [-0.15, -0.1) is 0 Å². The lowest BCUT2D eigenvalue weighted by molar-refractivity contribution is -0.385. The van der Waals surface area contributed by atoms with E-state index in [0.29, 0.717) is 0 Å². The minimum absolute atomic E-state index is 0.166. The summed E-state index contributed by atoms with van der Waals surface area (Å²) in [6.45, 7) is 0. The highest BCUT2D eigenvalue weighted by Crippen LogP contribution is 2.20. The van der Waals surface area contributed by atoms with Gasteiger partial charge in [-0.1, -0.05) is 0 Å². The van der Waals surface area contributed by atoms with Crippen LogP contribution in [0.2, 0.25) is 0 Å². The molecule has 0 spiro atoms. The maximum Gasteiger partial charge on any atom is 0.270 e. The Labute approximate surface area is 134 Å². The Balaban J connectivity index is 2.34. The first-order valence-electron chi connectivity index (χ1n) is 6.43. The van der Waals surface area contributed by atoms with Crippen LogP contribution < -0.4 is 11.1 Å². The van der Waals surface area contributed by atoms with Crippen molar-refractivity contribution in [2.75, 3.05) is 5.32 Å². The van der Waals surface area contributed by atoms with E-state index in [1.807, 2.05) is 0 Å². The summed E-state index contributed by atoms with van der Waals surface area (Å²) in [5, 5.41) is 23.8. The number of nitro groups is 2. The van der Waals surface area contributed by atoms with Gasteiger partial charge in [0.05, 0.1) is 21.0 Å². The summed E-state index contributed by atoms with van der Waals surface area (Å²) in [5.41, 5.74) is 4.38. The second kappa shape index (κ2) is 6.52. The summed E-state index contributed by atoms with van der Waals surface area (Å²) in [6, 6.07) is 8.01. The van der Waals surface area contributed by atoms with Crippen molar-refractivity contribution in [3.8, 4) is 0 Å². The molecule has 122 valence electrons. The zero-order chi connectivity index (χ0) is 17.9. The summed E-state index contributed by atoms with van der Waals surface area (Å²) in [7, 11) is 0. The van der Waals surface area contributed by atoms with Crippen LogP contribution >= 0.6 is 0 Å². The number of carbonyl (C=O) groups excluding carboxylic acids is 2. The minimum atomic E-state index is -0.918. The molecule has 24 heavy (non-hydrogen) atoms. The van der Waals surface area contributed by atoms with Crippen molar-refractivity contribution in [3.05, 3.63) is 73.8 Å². The second-order valence-electron chi connectivity index (χ2n) is 4.61. The van der Waals surface area contributed by atoms with Gasteiger partial charge in [0.2, 0.25) is 5.91 Å². The zero-order valence-electron chi connectivity index (χ0n) is 12.0. The Bertz CT molecular complexity index is 847. The molecule has 2 rings (SSSR count). The molecule has 0 bridgehead atoms. The third-order valence-electron chi connectivity index (χ3n) is 3.06. The first-order valence-corrected chi connectivity index (χ1v) is 6.43. The molecule has 0 atom stereocenters. The van der Waals surface area contributed by atoms with Gasteiger partial charge in [0.15, 0.2) is 0 Å². The van der Waals surface area contributed by atoms with Crippen LogP contribution in [-0.2, 0) is 0 Å². The summed E-state index contributed by atoms with van der Waals surface area (Å²) in [6.07, 6.45) is 0. The van der Waals surface area contributed by atoms with Gasteiger partial charge in [-0.25, -0.2) is 0 Å². The van der Waals surface area contributed by atoms with Crippen molar-refractivity contribution in [2.45, 2.75) is 0 Å². The van der Waals surface area contributed by atoms with Crippen LogP contribution in [0.15, 0.2) is 42.5 Å². The molecule has 0 unspecified atom stereocenters. The Morgan fingerprint density at radius 2 is 1.42 bits per heavy atom. The van der Waals surface area contributed by atoms with E-state index in [-0.39, 0.29) is 28.2 Å². The number of hydrogen-bond donors (Lipinski definition) is 2. The number of anilines is 1. The van der Waals surface area contributed by atoms with Crippen LogP contribution in [0.25, 0.3) is 0 Å². The number of primary amides is 1. The number of non-ortho nitro benzene ring substituents is 2. The fourth-order valence-corrected chi connectivity index (χ4v) is 1.91. The molecule has 10 nitrogen and oxygen atoms in total. The Kier molecular flexibility index (Phi) is 4.50. The summed E-state index contributed by atoms with van der Waals surface area (Å²) >= 11 is 0. The van der Waals surface area contributed by atoms with E-state index in [4.69, 9.17) is 5.73 Å². The minimum Gasteiger partial charge on any atom is -0.366 e. The van der Waals surface area contributed by atoms with E-state index in [2.05, 4.69) is 5.32 Å². The Morgan fingerprint density at radius 1 is 0.875 bits per heavy atom. The Morgan fingerprint density at radius 3 is 1.92 bits per heavy atom. The lowest BCUT2D eigenvalue weighted by Crippen LogP contribution is -2.20. The maximum absolute atomic E-state index is 12.3. The van der Waals surface area contributed by atoms with Crippen molar-refractivity contribution in [1.29, 1.82) is 0 Å². The van der Waals surface area contributed by atoms with Gasteiger partial charge in [0.25, 0.3) is 17.3 Å². The number of nitro benzene ring substituents is 2.